The average molecular weight is 458 g/mol. The Kier molecular flexibility index (Phi) is 7.00. The fourth-order valence-corrected chi connectivity index (χ4v) is 5.04. The van der Waals surface area contributed by atoms with Crippen LogP contribution in [0, 0.1) is 0 Å². The first-order valence-electron chi connectivity index (χ1n) is 11.7. The molecule has 0 unspecified atom stereocenters. The number of amides is 1. The molecule has 2 aromatic carbocycles. The molecule has 1 saturated carbocycles. The van der Waals surface area contributed by atoms with E-state index in [1.165, 1.54) is 0 Å². The number of nitrogens with zero attached hydrogens (tertiary/aromatic N) is 2. The molecule has 4 rings (SSSR count). The van der Waals surface area contributed by atoms with Crippen molar-refractivity contribution in [3.63, 3.8) is 0 Å². The molecular formula is C26H33F2N3O2. The van der Waals surface area contributed by atoms with Crippen LogP contribution < -0.4 is 5.73 Å². The molecule has 178 valence electrons. The maximum absolute atomic E-state index is 14.1. The highest BCUT2D eigenvalue weighted by Crippen LogP contribution is 2.47. The Morgan fingerprint density at radius 3 is 2.15 bits per heavy atom. The molecule has 1 saturated heterocycles. The summed E-state index contributed by atoms with van der Waals surface area (Å²) in [5.74, 6) is -2.61. The van der Waals surface area contributed by atoms with E-state index < -0.39 is 11.5 Å². The van der Waals surface area contributed by atoms with E-state index >= 15 is 0 Å². The molecule has 0 spiro atoms. The molecular weight excluding hydrogens is 424 g/mol. The van der Waals surface area contributed by atoms with Crippen molar-refractivity contribution in [3.05, 3.63) is 71.3 Å². The Balaban J connectivity index is 1.44. The predicted molar refractivity (Wildman–Crippen MR) is 124 cm³/mol. The summed E-state index contributed by atoms with van der Waals surface area (Å²) < 4.78 is 33.7. The molecule has 1 aliphatic carbocycles. The van der Waals surface area contributed by atoms with Crippen molar-refractivity contribution >= 4 is 6.09 Å². The molecule has 1 heterocycles. The monoisotopic (exact) mass is 457 g/mol. The lowest BCUT2D eigenvalue weighted by Gasteiger charge is -2.51. The highest BCUT2D eigenvalue weighted by Gasteiger charge is 2.48. The number of alkyl halides is 2. The van der Waals surface area contributed by atoms with Gasteiger partial charge in [-0.25, -0.2) is 13.6 Å². The van der Waals surface area contributed by atoms with E-state index in [9.17, 15) is 13.6 Å². The first-order valence-corrected chi connectivity index (χ1v) is 11.7. The largest absolute Gasteiger partial charge is 0.445 e. The van der Waals surface area contributed by atoms with E-state index in [0.29, 0.717) is 39.0 Å². The zero-order chi connectivity index (χ0) is 23.5. The summed E-state index contributed by atoms with van der Waals surface area (Å²) in [4.78, 5) is 16.6. The van der Waals surface area contributed by atoms with Crippen LogP contribution in [0.15, 0.2) is 54.6 Å². The second-order valence-corrected chi connectivity index (χ2v) is 9.31. The lowest BCUT2D eigenvalue weighted by molar-refractivity contribution is -0.0917. The molecule has 2 aromatic rings. The fourth-order valence-electron chi connectivity index (χ4n) is 5.04. The quantitative estimate of drug-likeness (QED) is 0.681. The standard InChI is InChI=1S/C26H33F2N3O2/c1-20(29)22-7-9-23(10-8-22)25(11-13-26(27,28)14-12-25)31-17-15-30(16-18-31)24(32)33-19-21-5-3-2-4-6-21/h2-10,20H,11-19,29H2,1H3/t20-/m0/s1. The molecule has 1 aliphatic heterocycles. The number of benzene rings is 2. The molecule has 33 heavy (non-hydrogen) atoms. The number of nitrogens with two attached hydrogens (primary N) is 1. The topological polar surface area (TPSA) is 58.8 Å². The van der Waals surface area contributed by atoms with Gasteiger partial charge in [-0.3, -0.25) is 4.90 Å². The molecule has 0 radical (unpaired) electrons. The minimum Gasteiger partial charge on any atom is -0.445 e. The summed E-state index contributed by atoms with van der Waals surface area (Å²) in [5, 5.41) is 0. The lowest BCUT2D eigenvalue weighted by atomic mass is 9.73. The van der Waals surface area contributed by atoms with Crippen molar-refractivity contribution in [2.24, 2.45) is 5.73 Å². The van der Waals surface area contributed by atoms with Crippen molar-refractivity contribution in [1.82, 2.24) is 9.80 Å². The van der Waals surface area contributed by atoms with E-state index in [0.717, 1.165) is 16.7 Å². The normalized spacial score (nSPS) is 21.4. The highest BCUT2D eigenvalue weighted by molar-refractivity contribution is 5.67. The van der Waals surface area contributed by atoms with Crippen LogP contribution in [0.25, 0.3) is 0 Å². The molecule has 5 nitrogen and oxygen atoms in total. The van der Waals surface area contributed by atoms with Gasteiger partial charge in [0.15, 0.2) is 0 Å². The number of carbonyl (C=O) groups excluding carboxylic acids is 1. The first-order chi connectivity index (χ1) is 15.8. The molecule has 7 heteroatoms. The van der Waals surface area contributed by atoms with Gasteiger partial charge in [-0.1, -0.05) is 54.6 Å². The van der Waals surface area contributed by atoms with E-state index in [1.807, 2.05) is 61.5 Å². The number of hydrogen-bond donors (Lipinski definition) is 1. The minimum absolute atomic E-state index is 0.0730. The Bertz CT molecular complexity index is 916. The number of piperazine rings is 1. The molecule has 1 atom stereocenters. The van der Waals surface area contributed by atoms with Gasteiger partial charge in [-0.2, -0.15) is 0 Å². The summed E-state index contributed by atoms with van der Waals surface area (Å²) in [6.07, 6.45) is 0.221. The zero-order valence-electron chi connectivity index (χ0n) is 19.2. The van der Waals surface area contributed by atoms with Gasteiger partial charge in [0.1, 0.15) is 6.61 Å². The third-order valence-electron chi connectivity index (χ3n) is 7.13. The van der Waals surface area contributed by atoms with Crippen molar-refractivity contribution < 1.29 is 18.3 Å². The Morgan fingerprint density at radius 2 is 1.58 bits per heavy atom. The Hall–Kier alpha value is -2.51. The van der Waals surface area contributed by atoms with Gasteiger partial charge in [-0.15, -0.1) is 0 Å². The Labute approximate surface area is 194 Å². The van der Waals surface area contributed by atoms with Crippen LogP contribution in [-0.4, -0.2) is 48.0 Å². The van der Waals surface area contributed by atoms with Gasteiger partial charge in [0.25, 0.3) is 0 Å². The maximum atomic E-state index is 14.1. The molecule has 0 bridgehead atoms. The van der Waals surface area contributed by atoms with Crippen LogP contribution in [0.2, 0.25) is 0 Å². The van der Waals surface area contributed by atoms with E-state index in [4.69, 9.17) is 10.5 Å². The van der Waals surface area contributed by atoms with Gasteiger partial charge in [0.05, 0.1) is 0 Å². The van der Waals surface area contributed by atoms with E-state index in [1.54, 1.807) is 4.90 Å². The summed E-state index contributed by atoms with van der Waals surface area (Å²) in [7, 11) is 0. The SMILES string of the molecule is C[C@H](N)c1ccc(C2(N3CCN(C(=O)OCc4ccccc4)CC3)CCC(F)(F)CC2)cc1. The molecule has 0 aromatic heterocycles. The number of halogens is 2. The number of rotatable bonds is 5. The highest BCUT2D eigenvalue weighted by atomic mass is 19.3. The van der Waals surface area contributed by atoms with Crippen LogP contribution in [-0.2, 0) is 16.9 Å². The van der Waals surface area contributed by atoms with Crippen molar-refractivity contribution in [2.45, 2.75) is 56.7 Å². The molecule has 2 N–H and O–H groups in total. The maximum Gasteiger partial charge on any atom is 0.410 e. The zero-order valence-corrected chi connectivity index (χ0v) is 19.2. The van der Waals surface area contributed by atoms with Crippen molar-refractivity contribution in [1.29, 1.82) is 0 Å². The summed E-state index contributed by atoms with van der Waals surface area (Å²) in [6, 6.07) is 17.6. The Morgan fingerprint density at radius 1 is 0.970 bits per heavy atom. The van der Waals surface area contributed by atoms with Crippen LogP contribution in [0.3, 0.4) is 0 Å². The minimum atomic E-state index is -2.61. The van der Waals surface area contributed by atoms with Gasteiger partial charge in [0, 0.05) is 50.6 Å². The van der Waals surface area contributed by atoms with Crippen LogP contribution in [0.5, 0.6) is 0 Å². The molecule has 2 fully saturated rings. The summed E-state index contributed by atoms with van der Waals surface area (Å²) in [6.45, 7) is 4.46. The van der Waals surface area contributed by atoms with E-state index in [-0.39, 0.29) is 31.6 Å². The van der Waals surface area contributed by atoms with Crippen LogP contribution in [0.4, 0.5) is 13.6 Å². The van der Waals surface area contributed by atoms with Crippen molar-refractivity contribution in [2.75, 3.05) is 26.2 Å². The first kappa shape index (κ1) is 23.6. The molecule has 1 amide bonds. The van der Waals surface area contributed by atoms with Crippen LogP contribution >= 0.6 is 0 Å². The van der Waals surface area contributed by atoms with Crippen LogP contribution in [0.1, 0.15) is 55.3 Å². The second-order valence-electron chi connectivity index (χ2n) is 9.31. The predicted octanol–water partition coefficient (Wildman–Crippen LogP) is 5.07. The lowest BCUT2D eigenvalue weighted by Crippen LogP contribution is -2.58. The third kappa shape index (κ3) is 5.36. The second kappa shape index (κ2) is 9.77. The van der Waals surface area contributed by atoms with Crippen molar-refractivity contribution in [3.8, 4) is 0 Å². The smallest absolute Gasteiger partial charge is 0.410 e. The summed E-state index contributed by atoms with van der Waals surface area (Å²) >= 11 is 0. The van der Waals surface area contributed by atoms with Gasteiger partial charge < -0.3 is 15.4 Å². The van der Waals surface area contributed by atoms with Gasteiger partial charge in [0.2, 0.25) is 5.92 Å². The number of ether oxygens (including phenoxy) is 1. The number of hydrogen-bond acceptors (Lipinski definition) is 4. The average Bonchev–Trinajstić information content (AvgIpc) is 2.84. The third-order valence-corrected chi connectivity index (χ3v) is 7.13. The number of carbonyl (C=O) groups is 1. The van der Waals surface area contributed by atoms with Gasteiger partial charge in [-0.05, 0) is 36.5 Å². The van der Waals surface area contributed by atoms with Gasteiger partial charge >= 0.3 is 6.09 Å². The molecule has 2 aliphatic rings. The fraction of sp³-hybridized carbons (Fsp3) is 0.500. The summed E-state index contributed by atoms with van der Waals surface area (Å²) in [5.41, 5.74) is 8.59. The van der Waals surface area contributed by atoms with E-state index in [2.05, 4.69) is 4.90 Å².